The predicted molar refractivity (Wildman–Crippen MR) is 83.7 cm³/mol. The van der Waals surface area contributed by atoms with Crippen molar-refractivity contribution in [3.8, 4) is 0 Å². The summed E-state index contributed by atoms with van der Waals surface area (Å²) in [6, 6.07) is 8.36. The van der Waals surface area contributed by atoms with Crippen molar-refractivity contribution in [3.63, 3.8) is 0 Å². The molecule has 6 nitrogen and oxygen atoms in total. The monoisotopic (exact) mass is 303 g/mol. The number of piperidine rings is 1. The summed E-state index contributed by atoms with van der Waals surface area (Å²) >= 11 is 0. The Morgan fingerprint density at radius 2 is 2.14 bits per heavy atom. The zero-order valence-electron chi connectivity index (χ0n) is 12.5. The first-order valence-corrected chi connectivity index (χ1v) is 7.77. The van der Waals surface area contributed by atoms with Gasteiger partial charge in [-0.2, -0.15) is 4.98 Å². The van der Waals surface area contributed by atoms with Gasteiger partial charge in [0.25, 0.3) is 6.01 Å². The van der Waals surface area contributed by atoms with Gasteiger partial charge in [-0.25, -0.2) is 0 Å². The standard InChI is InChI=1S/C16H21N3O3/c20-11-3-8-17-15(21)12-6-9-19(10-7-12)16-18-13-4-1-2-5-14(13)22-16/h1-2,4-5,12,20H,3,6-11H2,(H,17,21). The average molecular weight is 303 g/mol. The molecule has 1 aliphatic rings. The van der Waals surface area contributed by atoms with Gasteiger partial charge in [0.1, 0.15) is 5.52 Å². The van der Waals surface area contributed by atoms with Gasteiger partial charge in [-0.15, -0.1) is 0 Å². The van der Waals surface area contributed by atoms with Crippen LogP contribution in [0.4, 0.5) is 6.01 Å². The van der Waals surface area contributed by atoms with Crippen LogP contribution in [0.3, 0.4) is 0 Å². The van der Waals surface area contributed by atoms with E-state index in [0.29, 0.717) is 19.0 Å². The Kier molecular flexibility index (Phi) is 4.58. The van der Waals surface area contributed by atoms with Crippen molar-refractivity contribution in [3.05, 3.63) is 24.3 Å². The van der Waals surface area contributed by atoms with Crippen LogP contribution in [0.25, 0.3) is 11.1 Å². The van der Waals surface area contributed by atoms with E-state index in [1.807, 2.05) is 24.3 Å². The largest absolute Gasteiger partial charge is 0.423 e. The van der Waals surface area contributed by atoms with Gasteiger partial charge in [-0.1, -0.05) is 12.1 Å². The van der Waals surface area contributed by atoms with Crippen LogP contribution >= 0.6 is 0 Å². The molecule has 0 aliphatic carbocycles. The number of hydrogen-bond acceptors (Lipinski definition) is 5. The highest BCUT2D eigenvalue weighted by atomic mass is 16.4. The fourth-order valence-electron chi connectivity index (χ4n) is 2.76. The third-order valence-electron chi connectivity index (χ3n) is 4.05. The first kappa shape index (κ1) is 14.8. The second-order valence-corrected chi connectivity index (χ2v) is 5.59. The highest BCUT2D eigenvalue weighted by Gasteiger charge is 2.26. The molecule has 1 aromatic heterocycles. The van der Waals surface area contributed by atoms with Gasteiger partial charge in [0.15, 0.2) is 5.58 Å². The number of hydrogen-bond donors (Lipinski definition) is 2. The van der Waals surface area contributed by atoms with Gasteiger partial charge in [0.05, 0.1) is 0 Å². The number of anilines is 1. The molecule has 1 saturated heterocycles. The van der Waals surface area contributed by atoms with Gasteiger partial charge in [-0.05, 0) is 31.4 Å². The Labute approximate surface area is 129 Å². The second-order valence-electron chi connectivity index (χ2n) is 5.59. The van der Waals surface area contributed by atoms with E-state index >= 15 is 0 Å². The number of carbonyl (C=O) groups is 1. The Balaban J connectivity index is 1.56. The van der Waals surface area contributed by atoms with Crippen LogP contribution in [0.5, 0.6) is 0 Å². The van der Waals surface area contributed by atoms with Crippen LogP contribution in [-0.4, -0.2) is 42.2 Å². The van der Waals surface area contributed by atoms with Crippen molar-refractivity contribution < 1.29 is 14.3 Å². The third-order valence-corrected chi connectivity index (χ3v) is 4.05. The number of aliphatic hydroxyl groups excluding tert-OH is 1. The molecule has 0 atom stereocenters. The molecule has 1 fully saturated rings. The summed E-state index contributed by atoms with van der Waals surface area (Å²) in [5, 5.41) is 11.6. The van der Waals surface area contributed by atoms with Gasteiger partial charge in [0, 0.05) is 32.2 Å². The Bertz CT molecular complexity index is 599. The molecule has 3 rings (SSSR count). The summed E-state index contributed by atoms with van der Waals surface area (Å²) in [7, 11) is 0. The molecular formula is C16H21N3O3. The second kappa shape index (κ2) is 6.79. The van der Waals surface area contributed by atoms with Crippen LogP contribution in [-0.2, 0) is 4.79 Å². The van der Waals surface area contributed by atoms with Crippen molar-refractivity contribution in [2.45, 2.75) is 19.3 Å². The fraction of sp³-hybridized carbons (Fsp3) is 0.500. The molecule has 118 valence electrons. The summed E-state index contributed by atoms with van der Waals surface area (Å²) in [5.41, 5.74) is 1.66. The van der Waals surface area contributed by atoms with Crippen LogP contribution in [0.2, 0.25) is 0 Å². The molecule has 1 amide bonds. The van der Waals surface area contributed by atoms with E-state index in [0.717, 1.165) is 37.0 Å². The van der Waals surface area contributed by atoms with Crippen LogP contribution in [0.15, 0.2) is 28.7 Å². The van der Waals surface area contributed by atoms with E-state index in [-0.39, 0.29) is 18.4 Å². The maximum absolute atomic E-state index is 12.0. The van der Waals surface area contributed by atoms with E-state index in [9.17, 15) is 4.79 Å². The quantitative estimate of drug-likeness (QED) is 0.819. The lowest BCUT2D eigenvalue weighted by Gasteiger charge is -2.30. The Morgan fingerprint density at radius 3 is 2.86 bits per heavy atom. The third kappa shape index (κ3) is 3.22. The van der Waals surface area contributed by atoms with Crippen molar-refractivity contribution in [1.82, 2.24) is 10.3 Å². The normalized spacial score (nSPS) is 16.1. The Hall–Kier alpha value is -2.08. The van der Waals surface area contributed by atoms with Crippen LogP contribution in [0, 0.1) is 5.92 Å². The average Bonchev–Trinajstić information content (AvgIpc) is 2.99. The number of para-hydroxylation sites is 2. The summed E-state index contributed by atoms with van der Waals surface area (Å²) in [4.78, 5) is 18.6. The lowest BCUT2D eigenvalue weighted by Crippen LogP contribution is -2.41. The molecule has 0 radical (unpaired) electrons. The first-order valence-electron chi connectivity index (χ1n) is 7.77. The van der Waals surface area contributed by atoms with E-state index in [1.165, 1.54) is 0 Å². The van der Waals surface area contributed by atoms with Crippen LogP contribution < -0.4 is 10.2 Å². The van der Waals surface area contributed by atoms with E-state index in [2.05, 4.69) is 15.2 Å². The number of aliphatic hydroxyl groups is 1. The number of carbonyl (C=O) groups excluding carboxylic acids is 1. The predicted octanol–water partition coefficient (Wildman–Crippen LogP) is 1.54. The summed E-state index contributed by atoms with van der Waals surface area (Å²) in [5.74, 6) is 0.130. The summed E-state index contributed by atoms with van der Waals surface area (Å²) in [6.45, 7) is 2.19. The molecule has 0 unspecified atom stereocenters. The van der Waals surface area contributed by atoms with Crippen molar-refractivity contribution in [1.29, 1.82) is 0 Å². The number of fused-ring (bicyclic) bond motifs is 1. The minimum absolute atomic E-state index is 0.0410. The SMILES string of the molecule is O=C(NCCCO)C1CCN(c2nc3ccccc3o2)CC1. The summed E-state index contributed by atoms with van der Waals surface area (Å²) in [6.07, 6.45) is 2.20. The molecule has 0 bridgehead atoms. The van der Waals surface area contributed by atoms with E-state index in [1.54, 1.807) is 0 Å². The van der Waals surface area contributed by atoms with E-state index in [4.69, 9.17) is 9.52 Å². The maximum Gasteiger partial charge on any atom is 0.298 e. The first-order chi connectivity index (χ1) is 10.8. The van der Waals surface area contributed by atoms with Crippen molar-refractivity contribution in [2.24, 2.45) is 5.92 Å². The zero-order chi connectivity index (χ0) is 15.4. The number of benzene rings is 1. The minimum Gasteiger partial charge on any atom is -0.423 e. The molecule has 1 aromatic carbocycles. The number of nitrogens with one attached hydrogen (secondary N) is 1. The molecule has 1 aliphatic heterocycles. The number of amides is 1. The van der Waals surface area contributed by atoms with Gasteiger partial charge < -0.3 is 19.7 Å². The smallest absolute Gasteiger partial charge is 0.298 e. The zero-order valence-corrected chi connectivity index (χ0v) is 12.5. The molecule has 22 heavy (non-hydrogen) atoms. The molecule has 2 aromatic rings. The van der Waals surface area contributed by atoms with E-state index < -0.39 is 0 Å². The maximum atomic E-state index is 12.0. The number of aromatic nitrogens is 1. The Morgan fingerprint density at radius 1 is 1.36 bits per heavy atom. The molecule has 2 heterocycles. The number of rotatable bonds is 5. The van der Waals surface area contributed by atoms with Crippen molar-refractivity contribution >= 4 is 23.0 Å². The van der Waals surface area contributed by atoms with Gasteiger partial charge in [0.2, 0.25) is 5.91 Å². The molecular weight excluding hydrogens is 282 g/mol. The number of nitrogens with zero attached hydrogens (tertiary/aromatic N) is 2. The highest BCUT2D eigenvalue weighted by molar-refractivity contribution is 5.79. The van der Waals surface area contributed by atoms with Gasteiger partial charge >= 0.3 is 0 Å². The van der Waals surface area contributed by atoms with Crippen molar-refractivity contribution in [2.75, 3.05) is 31.1 Å². The topological polar surface area (TPSA) is 78.6 Å². The minimum atomic E-state index is 0.0410. The fourth-order valence-corrected chi connectivity index (χ4v) is 2.76. The molecule has 0 saturated carbocycles. The molecule has 0 spiro atoms. The van der Waals surface area contributed by atoms with Crippen LogP contribution in [0.1, 0.15) is 19.3 Å². The molecule has 2 N–H and O–H groups in total. The molecule has 6 heteroatoms. The van der Waals surface area contributed by atoms with Gasteiger partial charge in [-0.3, -0.25) is 4.79 Å². The lowest BCUT2D eigenvalue weighted by atomic mass is 9.96. The lowest BCUT2D eigenvalue weighted by molar-refractivity contribution is -0.125. The number of oxazole rings is 1. The highest BCUT2D eigenvalue weighted by Crippen LogP contribution is 2.26. The summed E-state index contributed by atoms with van der Waals surface area (Å²) < 4.78 is 5.77.